The zero-order valence-corrected chi connectivity index (χ0v) is 18.0. The summed E-state index contributed by atoms with van der Waals surface area (Å²) in [4.78, 5) is 32.9. The molecule has 7 nitrogen and oxygen atoms in total. The Bertz CT molecular complexity index is 1260. The molecule has 1 fully saturated rings. The number of alkyl halides is 3. The lowest BCUT2D eigenvalue weighted by atomic mass is 10.0. The Balaban J connectivity index is 1.60. The van der Waals surface area contributed by atoms with E-state index in [9.17, 15) is 22.8 Å². The van der Waals surface area contributed by atoms with Crippen LogP contribution in [0.3, 0.4) is 0 Å². The van der Waals surface area contributed by atoms with Crippen LogP contribution >= 0.6 is 0 Å². The predicted octanol–water partition coefficient (Wildman–Crippen LogP) is 4.07. The number of nitrogen functional groups attached to an aromatic ring is 1. The van der Waals surface area contributed by atoms with Gasteiger partial charge >= 0.3 is 6.18 Å². The van der Waals surface area contributed by atoms with E-state index in [1.54, 1.807) is 31.3 Å². The molecule has 1 aromatic carbocycles. The number of rotatable bonds is 5. The van der Waals surface area contributed by atoms with Gasteiger partial charge in [0.1, 0.15) is 18.2 Å². The third-order valence-corrected chi connectivity index (χ3v) is 5.66. The lowest BCUT2D eigenvalue weighted by Crippen LogP contribution is -2.33. The summed E-state index contributed by atoms with van der Waals surface area (Å²) in [7, 11) is 0. The first-order chi connectivity index (χ1) is 15.5. The van der Waals surface area contributed by atoms with E-state index in [0.29, 0.717) is 33.9 Å². The van der Waals surface area contributed by atoms with Gasteiger partial charge in [0.25, 0.3) is 5.91 Å². The lowest BCUT2D eigenvalue weighted by molar-refractivity contribution is -0.123. The molecular formula is C23H22F3N5O2. The average molecular weight is 457 g/mol. The summed E-state index contributed by atoms with van der Waals surface area (Å²) in [6.45, 7) is 2.35. The van der Waals surface area contributed by atoms with E-state index in [2.05, 4.69) is 15.3 Å². The van der Waals surface area contributed by atoms with Crippen LogP contribution in [0.1, 0.15) is 29.3 Å². The molecule has 1 aliphatic rings. The number of nitrogens with two attached hydrogens (primary N) is 1. The highest BCUT2D eigenvalue weighted by Gasteiger charge is 2.39. The van der Waals surface area contributed by atoms with Crippen LogP contribution in [-0.2, 0) is 4.79 Å². The normalized spacial score (nSPS) is 17.6. The van der Waals surface area contributed by atoms with E-state index in [4.69, 9.17) is 5.73 Å². The Morgan fingerprint density at radius 2 is 1.94 bits per heavy atom. The zero-order chi connectivity index (χ0) is 23.9. The average Bonchev–Trinajstić information content (AvgIpc) is 3.48. The fraction of sp³-hybridized carbons (Fsp3) is 0.304. The smallest absolute Gasteiger partial charge is 0.383 e. The van der Waals surface area contributed by atoms with Crippen LogP contribution in [0.25, 0.3) is 22.0 Å². The number of carbonyl (C=O) groups excluding carboxylic acids is 2. The van der Waals surface area contributed by atoms with E-state index in [1.807, 2.05) is 12.2 Å². The molecule has 3 aromatic rings. The van der Waals surface area contributed by atoms with Crippen LogP contribution in [0, 0.1) is 18.8 Å². The number of pyridine rings is 2. The highest BCUT2D eigenvalue weighted by molar-refractivity contribution is 5.99. The molecule has 4 N–H and O–H groups in total. The first-order valence-corrected chi connectivity index (χ1v) is 10.3. The van der Waals surface area contributed by atoms with Crippen molar-refractivity contribution in [2.24, 2.45) is 11.8 Å². The second kappa shape index (κ2) is 8.34. The molecule has 2 heterocycles. The maximum atomic E-state index is 12.4. The van der Waals surface area contributed by atoms with Crippen molar-refractivity contribution in [2.45, 2.75) is 26.4 Å². The number of aromatic nitrogens is 2. The topological polar surface area (TPSA) is 110 Å². The maximum Gasteiger partial charge on any atom is 0.405 e. The minimum absolute atomic E-state index is 0.00932. The Morgan fingerprint density at radius 3 is 2.58 bits per heavy atom. The third kappa shape index (κ3) is 5.05. The highest BCUT2D eigenvalue weighted by atomic mass is 19.4. The Hall–Kier alpha value is -3.69. The van der Waals surface area contributed by atoms with Crippen LogP contribution in [0.4, 0.5) is 24.8 Å². The van der Waals surface area contributed by atoms with Crippen LogP contribution in [-0.4, -0.2) is 34.5 Å². The molecule has 4 rings (SSSR count). The number of halogens is 3. The zero-order valence-electron chi connectivity index (χ0n) is 18.0. The van der Waals surface area contributed by atoms with E-state index in [-0.39, 0.29) is 23.2 Å². The monoisotopic (exact) mass is 457 g/mol. The van der Waals surface area contributed by atoms with Crippen molar-refractivity contribution in [3.8, 4) is 11.3 Å². The lowest BCUT2D eigenvalue weighted by Gasteiger charge is -2.12. The number of anilines is 2. The minimum Gasteiger partial charge on any atom is -0.383 e. The van der Waals surface area contributed by atoms with E-state index in [0.717, 1.165) is 11.8 Å². The van der Waals surface area contributed by atoms with Crippen molar-refractivity contribution in [3.05, 3.63) is 47.7 Å². The molecule has 1 aliphatic carbocycles. The predicted molar refractivity (Wildman–Crippen MR) is 118 cm³/mol. The molecule has 0 aliphatic heterocycles. The Labute approximate surface area is 187 Å². The number of benzene rings is 1. The first-order valence-electron chi connectivity index (χ1n) is 10.3. The van der Waals surface area contributed by atoms with Crippen molar-refractivity contribution >= 4 is 34.2 Å². The second-order valence-electron chi connectivity index (χ2n) is 8.32. The number of amides is 2. The first kappa shape index (κ1) is 22.5. The van der Waals surface area contributed by atoms with Gasteiger partial charge in [0, 0.05) is 28.6 Å². The van der Waals surface area contributed by atoms with Gasteiger partial charge in [-0.3, -0.25) is 9.59 Å². The molecule has 10 heteroatoms. The molecule has 1 saturated carbocycles. The van der Waals surface area contributed by atoms with Crippen LogP contribution in [0.15, 0.2) is 36.5 Å². The molecule has 33 heavy (non-hydrogen) atoms. The number of aryl methyl sites for hydroxylation is 1. The highest BCUT2D eigenvalue weighted by Crippen LogP contribution is 2.38. The Morgan fingerprint density at radius 1 is 1.21 bits per heavy atom. The maximum absolute atomic E-state index is 12.4. The fourth-order valence-electron chi connectivity index (χ4n) is 3.66. The van der Waals surface area contributed by atoms with Crippen LogP contribution < -0.4 is 16.4 Å². The molecule has 2 amide bonds. The van der Waals surface area contributed by atoms with Gasteiger partial charge in [-0.1, -0.05) is 13.0 Å². The van der Waals surface area contributed by atoms with E-state index >= 15 is 0 Å². The van der Waals surface area contributed by atoms with Crippen LogP contribution in [0.2, 0.25) is 0 Å². The van der Waals surface area contributed by atoms with Crippen LogP contribution in [0.5, 0.6) is 0 Å². The van der Waals surface area contributed by atoms with Gasteiger partial charge in [-0.25, -0.2) is 9.97 Å². The molecule has 0 unspecified atom stereocenters. The number of fused-ring (bicyclic) bond motifs is 1. The third-order valence-electron chi connectivity index (χ3n) is 5.66. The number of hydrogen-bond acceptors (Lipinski definition) is 5. The summed E-state index contributed by atoms with van der Waals surface area (Å²) >= 11 is 0. The molecule has 0 radical (unpaired) electrons. The fourth-order valence-corrected chi connectivity index (χ4v) is 3.66. The van der Waals surface area contributed by atoms with Gasteiger partial charge in [0.05, 0.1) is 5.69 Å². The molecule has 2 aromatic heterocycles. The van der Waals surface area contributed by atoms with Gasteiger partial charge in [-0.15, -0.1) is 0 Å². The van der Waals surface area contributed by atoms with E-state index < -0.39 is 18.6 Å². The molecule has 0 bridgehead atoms. The summed E-state index contributed by atoms with van der Waals surface area (Å²) in [6, 6.07) is 8.05. The van der Waals surface area contributed by atoms with Crippen molar-refractivity contribution in [1.82, 2.24) is 15.3 Å². The molecular weight excluding hydrogens is 435 g/mol. The van der Waals surface area contributed by atoms with Gasteiger partial charge in [-0.2, -0.15) is 13.2 Å². The van der Waals surface area contributed by atoms with Gasteiger partial charge in [0.2, 0.25) is 5.91 Å². The second-order valence-corrected chi connectivity index (χ2v) is 8.32. The number of carbonyl (C=O) groups is 2. The molecule has 0 spiro atoms. The standard InChI is InChI=1S/C23H22F3N5O2/c1-11-5-13(21(32)29-10-23(24,25)26)3-4-15(11)18-7-14-8-19(28-9-17(14)20(27)30-18)31-22(33)16-6-12(16)2/h3-5,7-9,12,16H,6,10H2,1-2H3,(H2,27,30)(H,29,32)(H,28,31,33)/t12-,16-/m1/s1. The molecule has 172 valence electrons. The van der Waals surface area contributed by atoms with E-state index in [1.165, 1.54) is 12.1 Å². The van der Waals surface area contributed by atoms with Gasteiger partial charge in [-0.05, 0) is 54.5 Å². The van der Waals surface area contributed by atoms with Crippen molar-refractivity contribution in [2.75, 3.05) is 17.6 Å². The molecule has 0 saturated heterocycles. The van der Waals surface area contributed by atoms with Crippen molar-refractivity contribution in [3.63, 3.8) is 0 Å². The summed E-state index contributed by atoms with van der Waals surface area (Å²) in [5, 5.41) is 6.02. The summed E-state index contributed by atoms with van der Waals surface area (Å²) in [5.74, 6) is 0.163. The van der Waals surface area contributed by atoms with Gasteiger partial charge < -0.3 is 16.4 Å². The van der Waals surface area contributed by atoms with Crippen molar-refractivity contribution in [1.29, 1.82) is 0 Å². The molecule has 2 atom stereocenters. The largest absolute Gasteiger partial charge is 0.405 e. The van der Waals surface area contributed by atoms with Crippen molar-refractivity contribution < 1.29 is 22.8 Å². The minimum atomic E-state index is -4.48. The summed E-state index contributed by atoms with van der Waals surface area (Å²) in [5.41, 5.74) is 8.07. The summed E-state index contributed by atoms with van der Waals surface area (Å²) < 4.78 is 37.1. The number of nitrogens with one attached hydrogen (secondary N) is 2. The summed E-state index contributed by atoms with van der Waals surface area (Å²) in [6.07, 6.45) is -2.07. The quantitative estimate of drug-likeness (QED) is 0.535. The Kier molecular flexibility index (Phi) is 5.69. The van der Waals surface area contributed by atoms with Gasteiger partial charge in [0.15, 0.2) is 0 Å². The SMILES string of the molecule is Cc1cc(C(=O)NCC(F)(F)F)ccc1-c1cc2cc(NC(=O)[C@@H]3C[C@H]3C)ncc2c(N)n1. The number of nitrogens with zero attached hydrogens (tertiary/aromatic N) is 2. The number of hydrogen-bond donors (Lipinski definition) is 3.